The minimum absolute atomic E-state index is 0.363. The van der Waals surface area contributed by atoms with Gasteiger partial charge in [-0.2, -0.15) is 4.31 Å². The Balaban J connectivity index is 2.23. The van der Waals surface area contributed by atoms with Gasteiger partial charge in [0.2, 0.25) is 10.0 Å². The predicted molar refractivity (Wildman–Crippen MR) is 77.0 cm³/mol. The Labute approximate surface area is 119 Å². The minimum Gasteiger partial charge on any atom is -0.319 e. The molecule has 106 valence electrons. The van der Waals surface area contributed by atoms with Crippen molar-refractivity contribution in [2.45, 2.75) is 18.2 Å². The van der Waals surface area contributed by atoms with Gasteiger partial charge < -0.3 is 5.32 Å². The van der Waals surface area contributed by atoms with Crippen LogP contribution in [0.4, 0.5) is 0 Å². The molecule has 0 amide bonds. The summed E-state index contributed by atoms with van der Waals surface area (Å²) in [5, 5.41) is 3.66. The lowest BCUT2D eigenvalue weighted by atomic mass is 10.1. The van der Waals surface area contributed by atoms with Crippen molar-refractivity contribution in [3.63, 3.8) is 0 Å². The molecule has 0 saturated carbocycles. The van der Waals surface area contributed by atoms with Gasteiger partial charge in [0.1, 0.15) is 0 Å². The fourth-order valence-electron chi connectivity index (χ4n) is 2.51. The standard InChI is InChI=1S/C13H19ClN2O2S/c1-10-7-12(14)3-4-13(10)19(17,18)16-6-5-11(9-16)8-15-2/h3-4,7,11,15H,5-6,8-9H2,1-2H3. The van der Waals surface area contributed by atoms with E-state index in [0.29, 0.717) is 34.5 Å². The molecule has 0 spiro atoms. The summed E-state index contributed by atoms with van der Waals surface area (Å²) in [6, 6.07) is 4.91. The molecule has 1 aliphatic heterocycles. The molecule has 1 aliphatic rings. The molecular weight excluding hydrogens is 284 g/mol. The summed E-state index contributed by atoms with van der Waals surface area (Å²) >= 11 is 5.87. The van der Waals surface area contributed by atoms with Crippen molar-refractivity contribution in [1.29, 1.82) is 0 Å². The topological polar surface area (TPSA) is 49.4 Å². The van der Waals surface area contributed by atoms with Gasteiger partial charge in [0.15, 0.2) is 0 Å². The lowest BCUT2D eigenvalue weighted by Crippen LogP contribution is -2.30. The molecule has 1 aromatic rings. The number of nitrogens with one attached hydrogen (secondary N) is 1. The second kappa shape index (κ2) is 5.79. The van der Waals surface area contributed by atoms with Crippen molar-refractivity contribution in [2.24, 2.45) is 5.92 Å². The maximum absolute atomic E-state index is 12.6. The van der Waals surface area contributed by atoms with Crippen LogP contribution in [0.15, 0.2) is 23.1 Å². The largest absolute Gasteiger partial charge is 0.319 e. The highest BCUT2D eigenvalue weighted by Crippen LogP contribution is 2.27. The third-order valence-electron chi connectivity index (χ3n) is 3.50. The molecule has 1 unspecified atom stereocenters. The zero-order valence-corrected chi connectivity index (χ0v) is 12.8. The molecule has 4 nitrogen and oxygen atoms in total. The van der Waals surface area contributed by atoms with E-state index in [9.17, 15) is 8.42 Å². The highest BCUT2D eigenvalue weighted by molar-refractivity contribution is 7.89. The van der Waals surface area contributed by atoms with E-state index in [-0.39, 0.29) is 0 Å². The average molecular weight is 303 g/mol. The van der Waals surface area contributed by atoms with Gasteiger partial charge in [0.25, 0.3) is 0 Å². The molecule has 0 radical (unpaired) electrons. The Morgan fingerprint density at radius 1 is 1.47 bits per heavy atom. The van der Waals surface area contributed by atoms with Crippen molar-refractivity contribution in [2.75, 3.05) is 26.7 Å². The van der Waals surface area contributed by atoms with Crippen LogP contribution in [0.25, 0.3) is 0 Å². The van der Waals surface area contributed by atoms with Gasteiger partial charge in [-0.05, 0) is 56.6 Å². The van der Waals surface area contributed by atoms with E-state index < -0.39 is 10.0 Å². The van der Waals surface area contributed by atoms with Gasteiger partial charge in [-0.3, -0.25) is 0 Å². The van der Waals surface area contributed by atoms with E-state index in [0.717, 1.165) is 13.0 Å². The summed E-state index contributed by atoms with van der Waals surface area (Å²) < 4.78 is 26.7. The summed E-state index contributed by atoms with van der Waals surface area (Å²) in [7, 11) is -1.50. The molecule has 19 heavy (non-hydrogen) atoms. The van der Waals surface area contributed by atoms with Crippen LogP contribution in [0.1, 0.15) is 12.0 Å². The van der Waals surface area contributed by atoms with Crippen LogP contribution < -0.4 is 5.32 Å². The van der Waals surface area contributed by atoms with E-state index in [1.54, 1.807) is 29.4 Å². The second-order valence-electron chi connectivity index (χ2n) is 4.99. The van der Waals surface area contributed by atoms with Crippen LogP contribution in [0.3, 0.4) is 0 Å². The molecule has 1 N–H and O–H groups in total. The van der Waals surface area contributed by atoms with Gasteiger partial charge in [-0.15, -0.1) is 0 Å². The zero-order chi connectivity index (χ0) is 14.0. The summed E-state index contributed by atoms with van der Waals surface area (Å²) in [6.45, 7) is 3.81. The normalized spacial score (nSPS) is 20.9. The minimum atomic E-state index is -3.39. The van der Waals surface area contributed by atoms with E-state index in [2.05, 4.69) is 5.32 Å². The first-order valence-corrected chi connectivity index (χ1v) is 8.18. The molecule has 6 heteroatoms. The molecule has 0 aliphatic carbocycles. The lowest BCUT2D eigenvalue weighted by Gasteiger charge is -2.18. The lowest BCUT2D eigenvalue weighted by molar-refractivity contribution is 0.451. The zero-order valence-electron chi connectivity index (χ0n) is 11.2. The molecular formula is C13H19ClN2O2S. The molecule has 1 aromatic carbocycles. The van der Waals surface area contributed by atoms with Crippen molar-refractivity contribution in [3.05, 3.63) is 28.8 Å². The molecule has 2 rings (SSSR count). The smallest absolute Gasteiger partial charge is 0.243 e. The quantitative estimate of drug-likeness (QED) is 0.924. The first-order valence-electron chi connectivity index (χ1n) is 6.36. The Kier molecular flexibility index (Phi) is 4.50. The van der Waals surface area contributed by atoms with E-state index in [1.165, 1.54) is 0 Å². The summed E-state index contributed by atoms with van der Waals surface area (Å²) in [4.78, 5) is 0.363. The van der Waals surface area contributed by atoms with Crippen LogP contribution >= 0.6 is 11.6 Å². The third kappa shape index (κ3) is 3.11. The predicted octanol–water partition coefficient (Wildman–Crippen LogP) is 1.88. The van der Waals surface area contributed by atoms with Gasteiger partial charge in [0, 0.05) is 18.1 Å². The highest BCUT2D eigenvalue weighted by atomic mass is 35.5. The SMILES string of the molecule is CNCC1CCN(S(=O)(=O)c2ccc(Cl)cc2C)C1. The van der Waals surface area contributed by atoms with Gasteiger partial charge >= 0.3 is 0 Å². The Morgan fingerprint density at radius 3 is 2.84 bits per heavy atom. The van der Waals surface area contributed by atoms with Crippen molar-refractivity contribution >= 4 is 21.6 Å². The van der Waals surface area contributed by atoms with Crippen molar-refractivity contribution in [3.8, 4) is 0 Å². The molecule has 1 heterocycles. The summed E-state index contributed by atoms with van der Waals surface area (Å²) in [6.07, 6.45) is 0.909. The third-order valence-corrected chi connectivity index (χ3v) is 5.76. The molecule has 0 bridgehead atoms. The number of hydrogen-bond acceptors (Lipinski definition) is 3. The number of halogens is 1. The first-order chi connectivity index (χ1) is 8.95. The van der Waals surface area contributed by atoms with Crippen LogP contribution in [0.2, 0.25) is 5.02 Å². The summed E-state index contributed by atoms with van der Waals surface area (Å²) in [5.74, 6) is 0.396. The molecule has 1 fully saturated rings. The number of sulfonamides is 1. The van der Waals surface area contributed by atoms with Crippen LogP contribution in [0, 0.1) is 12.8 Å². The fourth-order valence-corrected chi connectivity index (χ4v) is 4.48. The van der Waals surface area contributed by atoms with Crippen LogP contribution in [-0.2, 0) is 10.0 Å². The second-order valence-corrected chi connectivity index (χ2v) is 7.33. The number of rotatable bonds is 4. The number of benzene rings is 1. The van der Waals surface area contributed by atoms with Crippen molar-refractivity contribution in [1.82, 2.24) is 9.62 Å². The van der Waals surface area contributed by atoms with E-state index >= 15 is 0 Å². The Morgan fingerprint density at radius 2 is 2.21 bits per heavy atom. The van der Waals surface area contributed by atoms with Gasteiger partial charge in [-0.25, -0.2) is 8.42 Å². The average Bonchev–Trinajstić information content (AvgIpc) is 2.78. The number of nitrogens with zero attached hydrogens (tertiary/aromatic N) is 1. The van der Waals surface area contributed by atoms with E-state index in [1.807, 2.05) is 7.05 Å². The van der Waals surface area contributed by atoms with Crippen LogP contribution in [-0.4, -0.2) is 39.4 Å². The van der Waals surface area contributed by atoms with Gasteiger partial charge in [-0.1, -0.05) is 11.6 Å². The van der Waals surface area contributed by atoms with Crippen molar-refractivity contribution < 1.29 is 8.42 Å². The number of hydrogen-bond donors (Lipinski definition) is 1. The maximum atomic E-state index is 12.6. The van der Waals surface area contributed by atoms with E-state index in [4.69, 9.17) is 11.6 Å². The first kappa shape index (κ1) is 14.8. The maximum Gasteiger partial charge on any atom is 0.243 e. The molecule has 0 aromatic heterocycles. The fraction of sp³-hybridized carbons (Fsp3) is 0.538. The molecule has 1 saturated heterocycles. The molecule has 1 atom stereocenters. The number of aryl methyl sites for hydroxylation is 1. The monoisotopic (exact) mass is 302 g/mol. The Bertz CT molecular complexity index is 560. The Hall–Kier alpha value is -0.620. The highest BCUT2D eigenvalue weighted by Gasteiger charge is 2.32. The van der Waals surface area contributed by atoms with Gasteiger partial charge in [0.05, 0.1) is 4.90 Å². The summed E-state index contributed by atoms with van der Waals surface area (Å²) in [5.41, 5.74) is 0.699. The van der Waals surface area contributed by atoms with Crippen LogP contribution in [0.5, 0.6) is 0 Å².